The number of aliphatic hydroxyl groups excluding tert-OH is 2. The third-order valence-corrected chi connectivity index (χ3v) is 1.89. The maximum absolute atomic E-state index is 11.5. The smallest absolute Gasteiger partial charge is 0.340 e. The fraction of sp³-hybridized carbons (Fsp3) is 0.333. The van der Waals surface area contributed by atoms with Gasteiger partial charge in [0, 0.05) is 0 Å². The summed E-state index contributed by atoms with van der Waals surface area (Å²) >= 11 is 0. The fourth-order valence-corrected chi connectivity index (χ4v) is 1.22. The second kappa shape index (κ2) is 6.13. The molecule has 0 aromatic heterocycles. The average Bonchev–Trinajstić information content (AvgIpc) is 2.27. The van der Waals surface area contributed by atoms with Crippen molar-refractivity contribution < 1.29 is 29.3 Å². The van der Waals surface area contributed by atoms with Crippen molar-refractivity contribution in [3.8, 4) is 0 Å². The van der Waals surface area contributed by atoms with Crippen LogP contribution in [0.2, 0.25) is 0 Å². The normalized spacial score (nSPS) is 13.6. The van der Waals surface area contributed by atoms with E-state index in [2.05, 4.69) is 9.47 Å². The quantitative estimate of drug-likeness (QED) is 0.606. The number of esters is 2. The lowest BCUT2D eigenvalue weighted by molar-refractivity contribution is -0.0527. The lowest BCUT2D eigenvalue weighted by Crippen LogP contribution is -2.16. The zero-order valence-corrected chi connectivity index (χ0v) is 9.99. The summed E-state index contributed by atoms with van der Waals surface area (Å²) in [7, 11) is 0. The molecular weight excluding hydrogens is 240 g/mol. The van der Waals surface area contributed by atoms with Gasteiger partial charge in [0.05, 0.1) is 11.1 Å². The summed E-state index contributed by atoms with van der Waals surface area (Å²) in [5, 5.41) is 17.8. The number of hydrogen-bond acceptors (Lipinski definition) is 6. The molecule has 1 aromatic carbocycles. The highest BCUT2D eigenvalue weighted by molar-refractivity contribution is 5.95. The summed E-state index contributed by atoms with van der Waals surface area (Å²) in [6.07, 6.45) is -2.46. The number of hydrogen-bond donors (Lipinski definition) is 2. The summed E-state index contributed by atoms with van der Waals surface area (Å²) in [4.78, 5) is 22.9. The van der Waals surface area contributed by atoms with Crippen LogP contribution in [0.4, 0.5) is 0 Å². The molecule has 0 heterocycles. The van der Waals surface area contributed by atoms with E-state index in [4.69, 9.17) is 10.2 Å². The number of aliphatic hydroxyl groups is 2. The highest BCUT2D eigenvalue weighted by Crippen LogP contribution is 2.09. The topological polar surface area (TPSA) is 93.1 Å². The van der Waals surface area contributed by atoms with E-state index >= 15 is 0 Å². The van der Waals surface area contributed by atoms with Gasteiger partial charge in [-0.1, -0.05) is 6.07 Å². The Hall–Kier alpha value is -1.92. The first kappa shape index (κ1) is 14.1. The molecule has 0 spiro atoms. The van der Waals surface area contributed by atoms with Crippen molar-refractivity contribution in [2.75, 3.05) is 0 Å². The molecule has 0 aliphatic carbocycles. The molecule has 0 saturated heterocycles. The van der Waals surface area contributed by atoms with Crippen LogP contribution in [0.25, 0.3) is 0 Å². The van der Waals surface area contributed by atoms with Crippen LogP contribution in [0.1, 0.15) is 34.6 Å². The number of rotatable bonds is 4. The van der Waals surface area contributed by atoms with Crippen LogP contribution in [-0.4, -0.2) is 34.7 Å². The predicted octanol–water partition coefficient (Wildman–Crippen LogP) is 0.677. The zero-order chi connectivity index (χ0) is 13.7. The third kappa shape index (κ3) is 4.15. The summed E-state index contributed by atoms with van der Waals surface area (Å²) in [6, 6.07) is 5.60. The van der Waals surface area contributed by atoms with Gasteiger partial charge >= 0.3 is 11.9 Å². The van der Waals surface area contributed by atoms with Crippen molar-refractivity contribution in [2.45, 2.75) is 26.4 Å². The molecule has 0 radical (unpaired) electrons. The van der Waals surface area contributed by atoms with Crippen molar-refractivity contribution in [1.29, 1.82) is 0 Å². The Bertz CT molecular complexity index is 401. The molecular formula is C12H14O6. The van der Waals surface area contributed by atoms with E-state index in [1.54, 1.807) is 0 Å². The van der Waals surface area contributed by atoms with Crippen molar-refractivity contribution in [3.05, 3.63) is 35.4 Å². The van der Waals surface area contributed by atoms with E-state index in [-0.39, 0.29) is 11.1 Å². The molecule has 0 aliphatic heterocycles. The Labute approximate surface area is 104 Å². The Balaban J connectivity index is 2.85. The van der Waals surface area contributed by atoms with Crippen LogP contribution < -0.4 is 0 Å². The van der Waals surface area contributed by atoms with E-state index in [0.717, 1.165) is 0 Å². The van der Waals surface area contributed by atoms with Gasteiger partial charge in [0.2, 0.25) is 0 Å². The Morgan fingerprint density at radius 3 is 1.72 bits per heavy atom. The van der Waals surface area contributed by atoms with Gasteiger partial charge in [-0.2, -0.15) is 0 Å². The first-order valence-corrected chi connectivity index (χ1v) is 5.28. The second-order valence-corrected chi connectivity index (χ2v) is 3.59. The van der Waals surface area contributed by atoms with E-state index in [1.165, 1.54) is 38.1 Å². The first-order chi connectivity index (χ1) is 8.40. The summed E-state index contributed by atoms with van der Waals surface area (Å²) in [6.45, 7) is 2.59. The minimum atomic E-state index is -1.23. The van der Waals surface area contributed by atoms with Crippen molar-refractivity contribution in [1.82, 2.24) is 0 Å². The Morgan fingerprint density at radius 1 is 1.00 bits per heavy atom. The Morgan fingerprint density at radius 2 is 1.39 bits per heavy atom. The molecule has 2 unspecified atom stereocenters. The molecule has 6 heteroatoms. The minimum absolute atomic E-state index is 0.107. The molecule has 2 atom stereocenters. The largest absolute Gasteiger partial charge is 0.433 e. The summed E-state index contributed by atoms with van der Waals surface area (Å²) in [5.41, 5.74) is 0.215. The highest BCUT2D eigenvalue weighted by Gasteiger charge is 2.14. The second-order valence-electron chi connectivity index (χ2n) is 3.59. The maximum atomic E-state index is 11.5. The van der Waals surface area contributed by atoms with Gasteiger partial charge in [0.15, 0.2) is 12.6 Å². The number of ether oxygens (including phenoxy) is 2. The molecule has 1 aromatic rings. The molecule has 0 bridgehead atoms. The average molecular weight is 254 g/mol. The van der Waals surface area contributed by atoms with Crippen molar-refractivity contribution >= 4 is 11.9 Å². The van der Waals surface area contributed by atoms with E-state index in [1.807, 2.05) is 0 Å². The van der Waals surface area contributed by atoms with Crippen molar-refractivity contribution in [2.24, 2.45) is 0 Å². The van der Waals surface area contributed by atoms with E-state index in [0.29, 0.717) is 0 Å². The number of benzene rings is 1. The molecule has 0 fully saturated rings. The first-order valence-electron chi connectivity index (χ1n) is 5.28. The van der Waals surface area contributed by atoms with Crippen LogP contribution in [0.3, 0.4) is 0 Å². The predicted molar refractivity (Wildman–Crippen MR) is 60.6 cm³/mol. The molecule has 98 valence electrons. The fourth-order valence-electron chi connectivity index (χ4n) is 1.22. The lowest BCUT2D eigenvalue weighted by atomic mass is 10.1. The monoisotopic (exact) mass is 254 g/mol. The van der Waals surface area contributed by atoms with E-state index < -0.39 is 24.5 Å². The third-order valence-electron chi connectivity index (χ3n) is 1.89. The number of carbonyl (C=O) groups excluding carboxylic acids is 2. The molecule has 18 heavy (non-hydrogen) atoms. The SMILES string of the molecule is CC(O)OC(=O)c1cccc(C(=O)OC(C)O)c1. The van der Waals surface area contributed by atoms with Gasteiger partial charge in [0.25, 0.3) is 0 Å². The molecule has 0 saturated carbocycles. The number of carbonyl (C=O) groups is 2. The minimum Gasteiger partial charge on any atom is -0.433 e. The molecule has 1 rings (SSSR count). The van der Waals surface area contributed by atoms with Crippen LogP contribution in [0.5, 0.6) is 0 Å². The van der Waals surface area contributed by atoms with Gasteiger partial charge in [-0.05, 0) is 32.0 Å². The van der Waals surface area contributed by atoms with Gasteiger partial charge in [-0.3, -0.25) is 0 Å². The van der Waals surface area contributed by atoms with Gasteiger partial charge in [-0.25, -0.2) is 9.59 Å². The van der Waals surface area contributed by atoms with Crippen LogP contribution in [0.15, 0.2) is 24.3 Å². The van der Waals surface area contributed by atoms with Crippen molar-refractivity contribution in [3.63, 3.8) is 0 Å². The molecule has 6 nitrogen and oxygen atoms in total. The highest BCUT2D eigenvalue weighted by atomic mass is 16.6. The summed E-state index contributed by atoms with van der Waals surface area (Å²) < 4.78 is 9.13. The molecule has 0 amide bonds. The molecule has 0 aliphatic rings. The Kier molecular flexibility index (Phi) is 4.82. The van der Waals surface area contributed by atoms with Crippen LogP contribution in [0, 0.1) is 0 Å². The maximum Gasteiger partial charge on any atom is 0.340 e. The summed E-state index contributed by atoms with van der Waals surface area (Å²) in [5.74, 6) is -1.51. The van der Waals surface area contributed by atoms with Gasteiger partial charge < -0.3 is 19.7 Å². The standard InChI is InChI=1S/C12H14O6/c1-7(13)17-11(15)9-4-3-5-10(6-9)12(16)18-8(2)14/h3-8,13-14H,1-2H3. The van der Waals surface area contributed by atoms with Gasteiger partial charge in [-0.15, -0.1) is 0 Å². The van der Waals surface area contributed by atoms with Crippen LogP contribution >= 0.6 is 0 Å². The molecule has 2 N–H and O–H groups in total. The zero-order valence-electron chi connectivity index (χ0n) is 9.99. The van der Waals surface area contributed by atoms with Gasteiger partial charge in [0.1, 0.15) is 0 Å². The van der Waals surface area contributed by atoms with Crippen LogP contribution in [-0.2, 0) is 9.47 Å². The lowest BCUT2D eigenvalue weighted by Gasteiger charge is -2.09. The van der Waals surface area contributed by atoms with E-state index in [9.17, 15) is 9.59 Å².